The minimum atomic E-state index is -0.947. The summed E-state index contributed by atoms with van der Waals surface area (Å²) in [7, 11) is 1.79. The van der Waals surface area contributed by atoms with Gasteiger partial charge in [0.25, 0.3) is 0 Å². The molecule has 110 valence electrons. The summed E-state index contributed by atoms with van der Waals surface area (Å²) in [6, 6.07) is 6.88. The summed E-state index contributed by atoms with van der Waals surface area (Å²) in [6.07, 6.45) is 0.00255. The number of rotatable bonds is 7. The normalized spacial score (nSPS) is 19.4. The summed E-state index contributed by atoms with van der Waals surface area (Å²) in [6.45, 7) is 0.623. The molecule has 5 heteroatoms. The summed E-state index contributed by atoms with van der Waals surface area (Å²) in [5.41, 5.74) is 0.651. The highest BCUT2D eigenvalue weighted by Crippen LogP contribution is 2.48. The lowest BCUT2D eigenvalue weighted by Crippen LogP contribution is -2.23. The number of hydrogen-bond donors (Lipinski definition) is 4. The van der Waals surface area contributed by atoms with Gasteiger partial charge in [0.2, 0.25) is 0 Å². The molecule has 0 aliphatic heterocycles. The first-order chi connectivity index (χ1) is 9.51. The van der Waals surface area contributed by atoms with Crippen molar-refractivity contribution < 1.29 is 20.1 Å². The second-order valence-electron chi connectivity index (χ2n) is 5.41. The number of aliphatic carboxylic acids is 1. The Hall–Kier alpha value is -1.43. The average molecular weight is 279 g/mol. The zero-order valence-electron chi connectivity index (χ0n) is 11.5. The molecule has 1 saturated carbocycles. The number of benzene rings is 1. The quantitative estimate of drug-likeness (QED) is 0.593. The first kappa shape index (κ1) is 15.0. The third-order valence-corrected chi connectivity index (χ3v) is 4.02. The molecular formula is C15H21NO4. The third kappa shape index (κ3) is 2.85. The Morgan fingerprint density at radius 3 is 2.35 bits per heavy atom. The molecule has 1 fully saturated rings. The molecule has 0 bridgehead atoms. The number of carboxylic acids is 1. The van der Waals surface area contributed by atoms with Crippen molar-refractivity contribution in [2.45, 2.75) is 36.9 Å². The van der Waals surface area contributed by atoms with E-state index in [1.54, 1.807) is 31.3 Å². The molecule has 1 aromatic carbocycles. The van der Waals surface area contributed by atoms with Gasteiger partial charge in [0, 0.05) is 0 Å². The van der Waals surface area contributed by atoms with Crippen LogP contribution in [0.15, 0.2) is 24.3 Å². The van der Waals surface area contributed by atoms with Gasteiger partial charge in [-0.2, -0.15) is 0 Å². The summed E-state index contributed by atoms with van der Waals surface area (Å²) in [5.74, 6) is -0.792. The smallest absolute Gasteiger partial charge is 0.314 e. The van der Waals surface area contributed by atoms with Gasteiger partial charge in [-0.25, -0.2) is 0 Å². The minimum Gasteiger partial charge on any atom is -0.481 e. The molecule has 0 amide bonds. The maximum Gasteiger partial charge on any atom is 0.314 e. The van der Waals surface area contributed by atoms with E-state index < -0.39 is 23.6 Å². The summed E-state index contributed by atoms with van der Waals surface area (Å²) in [5, 5.41) is 32.0. The standard InChI is InChI=1S/C15H21NO4/c1-16-9-6-12(17)13(18)10-2-4-11(5-3-10)15(7-8-15)14(19)20/h2-5,12-13,16-18H,6-9H2,1H3,(H,19,20). The topological polar surface area (TPSA) is 89.8 Å². The van der Waals surface area contributed by atoms with Gasteiger partial charge in [-0.15, -0.1) is 0 Å². The monoisotopic (exact) mass is 279 g/mol. The van der Waals surface area contributed by atoms with Gasteiger partial charge in [-0.3, -0.25) is 4.79 Å². The van der Waals surface area contributed by atoms with Crippen LogP contribution < -0.4 is 5.32 Å². The first-order valence-corrected chi connectivity index (χ1v) is 6.86. The summed E-state index contributed by atoms with van der Waals surface area (Å²) in [4.78, 5) is 11.2. The van der Waals surface area contributed by atoms with E-state index in [9.17, 15) is 20.1 Å². The Balaban J connectivity index is 2.07. The first-order valence-electron chi connectivity index (χ1n) is 6.86. The van der Waals surface area contributed by atoms with Crippen LogP contribution in [0, 0.1) is 0 Å². The molecule has 2 unspecified atom stereocenters. The van der Waals surface area contributed by atoms with Crippen molar-refractivity contribution in [1.29, 1.82) is 0 Å². The summed E-state index contributed by atoms with van der Waals surface area (Å²) < 4.78 is 0. The lowest BCUT2D eigenvalue weighted by Gasteiger charge is -2.19. The Bertz CT molecular complexity index is 467. The van der Waals surface area contributed by atoms with Crippen LogP contribution in [-0.2, 0) is 10.2 Å². The van der Waals surface area contributed by atoms with Gasteiger partial charge in [0.15, 0.2) is 0 Å². The minimum absolute atomic E-state index is 0.457. The van der Waals surface area contributed by atoms with Crippen LogP contribution in [-0.4, -0.2) is 41.0 Å². The van der Waals surface area contributed by atoms with E-state index in [0.29, 0.717) is 31.4 Å². The van der Waals surface area contributed by atoms with E-state index in [-0.39, 0.29) is 0 Å². The lowest BCUT2D eigenvalue weighted by atomic mass is 9.93. The maximum absolute atomic E-state index is 11.2. The number of carbonyl (C=O) groups is 1. The summed E-state index contributed by atoms with van der Waals surface area (Å²) >= 11 is 0. The van der Waals surface area contributed by atoms with E-state index in [1.807, 2.05) is 0 Å². The number of aliphatic hydroxyl groups is 2. The molecule has 1 aliphatic rings. The molecule has 0 radical (unpaired) electrons. The van der Waals surface area contributed by atoms with Crippen LogP contribution in [0.2, 0.25) is 0 Å². The number of hydrogen-bond acceptors (Lipinski definition) is 4. The molecule has 2 rings (SSSR count). The highest BCUT2D eigenvalue weighted by molar-refractivity contribution is 5.84. The Morgan fingerprint density at radius 1 is 1.30 bits per heavy atom. The van der Waals surface area contributed by atoms with Crippen LogP contribution in [0.3, 0.4) is 0 Å². The van der Waals surface area contributed by atoms with Crippen molar-refractivity contribution in [3.05, 3.63) is 35.4 Å². The van der Waals surface area contributed by atoms with Crippen LogP contribution in [0.4, 0.5) is 0 Å². The van der Waals surface area contributed by atoms with Crippen molar-refractivity contribution in [3.8, 4) is 0 Å². The van der Waals surface area contributed by atoms with Crippen LogP contribution in [0.1, 0.15) is 36.5 Å². The van der Waals surface area contributed by atoms with Gasteiger partial charge in [-0.1, -0.05) is 24.3 Å². The van der Waals surface area contributed by atoms with Crippen LogP contribution >= 0.6 is 0 Å². The maximum atomic E-state index is 11.2. The SMILES string of the molecule is CNCCC(O)C(O)c1ccc(C2(C(=O)O)CC2)cc1. The Kier molecular flexibility index (Phi) is 4.42. The van der Waals surface area contributed by atoms with E-state index in [0.717, 1.165) is 5.56 Å². The number of nitrogens with one attached hydrogen (secondary N) is 1. The van der Waals surface area contributed by atoms with Crippen molar-refractivity contribution in [1.82, 2.24) is 5.32 Å². The fourth-order valence-electron chi connectivity index (χ4n) is 2.42. The molecule has 1 aromatic rings. The molecule has 0 heterocycles. The van der Waals surface area contributed by atoms with E-state index in [2.05, 4.69) is 5.32 Å². The van der Waals surface area contributed by atoms with Crippen molar-refractivity contribution in [3.63, 3.8) is 0 Å². The zero-order chi connectivity index (χ0) is 14.8. The molecular weight excluding hydrogens is 258 g/mol. The fourth-order valence-corrected chi connectivity index (χ4v) is 2.42. The van der Waals surface area contributed by atoms with E-state index in [1.165, 1.54) is 0 Å². The van der Waals surface area contributed by atoms with Crippen LogP contribution in [0.5, 0.6) is 0 Å². The highest BCUT2D eigenvalue weighted by atomic mass is 16.4. The van der Waals surface area contributed by atoms with E-state index in [4.69, 9.17) is 0 Å². The van der Waals surface area contributed by atoms with Crippen molar-refractivity contribution >= 4 is 5.97 Å². The zero-order valence-corrected chi connectivity index (χ0v) is 11.5. The number of aliphatic hydroxyl groups excluding tert-OH is 2. The van der Waals surface area contributed by atoms with Crippen molar-refractivity contribution in [2.24, 2.45) is 0 Å². The molecule has 0 spiro atoms. The molecule has 5 nitrogen and oxygen atoms in total. The predicted octanol–water partition coefficient (Wildman–Crippen LogP) is 0.807. The van der Waals surface area contributed by atoms with E-state index >= 15 is 0 Å². The van der Waals surface area contributed by atoms with Crippen molar-refractivity contribution in [2.75, 3.05) is 13.6 Å². The van der Waals surface area contributed by atoms with Crippen LogP contribution in [0.25, 0.3) is 0 Å². The predicted molar refractivity (Wildman–Crippen MR) is 74.5 cm³/mol. The third-order valence-electron chi connectivity index (χ3n) is 4.02. The largest absolute Gasteiger partial charge is 0.481 e. The highest BCUT2D eigenvalue weighted by Gasteiger charge is 2.51. The Labute approximate surface area is 118 Å². The molecule has 1 aliphatic carbocycles. The second kappa shape index (κ2) is 5.91. The molecule has 0 saturated heterocycles. The molecule has 4 N–H and O–H groups in total. The van der Waals surface area contributed by atoms with Gasteiger partial charge in [0.1, 0.15) is 6.10 Å². The second-order valence-corrected chi connectivity index (χ2v) is 5.41. The molecule has 2 atom stereocenters. The lowest BCUT2D eigenvalue weighted by molar-refractivity contribution is -0.140. The Morgan fingerprint density at radius 2 is 1.90 bits per heavy atom. The van der Waals surface area contributed by atoms with Gasteiger partial charge in [0.05, 0.1) is 11.5 Å². The van der Waals surface area contributed by atoms with Gasteiger partial charge < -0.3 is 20.6 Å². The average Bonchev–Trinajstić information content (AvgIpc) is 3.26. The molecule has 0 aromatic heterocycles. The number of carboxylic acid groups (broad SMARTS) is 1. The molecule has 20 heavy (non-hydrogen) atoms. The fraction of sp³-hybridized carbons (Fsp3) is 0.533. The van der Waals surface area contributed by atoms with Gasteiger partial charge >= 0.3 is 5.97 Å². The van der Waals surface area contributed by atoms with Gasteiger partial charge in [-0.05, 0) is 44.0 Å².